The van der Waals surface area contributed by atoms with E-state index in [0.29, 0.717) is 11.3 Å². The van der Waals surface area contributed by atoms with Gasteiger partial charge in [-0.2, -0.15) is 0 Å². The first-order valence-electron chi connectivity index (χ1n) is 6.73. The Labute approximate surface area is 120 Å². The zero-order chi connectivity index (χ0) is 13.2. The molecular formula is C15H21Cl2N. The molecule has 1 aliphatic carbocycles. The molecule has 0 spiro atoms. The van der Waals surface area contributed by atoms with Gasteiger partial charge < -0.3 is 0 Å². The van der Waals surface area contributed by atoms with E-state index in [1.165, 1.54) is 25.7 Å². The summed E-state index contributed by atoms with van der Waals surface area (Å²) in [4.78, 5) is 4.02. The molecule has 100 valence electrons. The molecule has 1 fully saturated rings. The quantitative estimate of drug-likeness (QED) is 0.704. The Kier molecular flexibility index (Phi) is 4.55. The molecule has 2 atom stereocenters. The molecule has 18 heavy (non-hydrogen) atoms. The molecule has 1 saturated carbocycles. The molecule has 0 aromatic carbocycles. The number of pyridine rings is 1. The fourth-order valence-corrected chi connectivity index (χ4v) is 3.94. The predicted octanol–water partition coefficient (Wildman–Crippen LogP) is 5.10. The molecule has 0 N–H and O–H groups in total. The molecule has 3 heteroatoms. The summed E-state index contributed by atoms with van der Waals surface area (Å²) >= 11 is 12.8. The summed E-state index contributed by atoms with van der Waals surface area (Å²) in [5, 5.41) is 0.900. The van der Waals surface area contributed by atoms with Crippen molar-refractivity contribution in [3.63, 3.8) is 0 Å². The number of rotatable bonds is 3. The normalized spacial score (nSPS) is 24.8. The van der Waals surface area contributed by atoms with Crippen LogP contribution in [0.3, 0.4) is 0 Å². The van der Waals surface area contributed by atoms with Crippen molar-refractivity contribution in [2.24, 2.45) is 11.3 Å². The molecule has 2 rings (SSSR count). The monoisotopic (exact) mass is 285 g/mol. The fraction of sp³-hybridized carbons (Fsp3) is 0.667. The van der Waals surface area contributed by atoms with Crippen LogP contribution in [0.1, 0.15) is 45.1 Å². The molecule has 1 aliphatic rings. The van der Waals surface area contributed by atoms with E-state index in [1.807, 2.05) is 6.07 Å². The van der Waals surface area contributed by atoms with E-state index in [0.717, 1.165) is 17.0 Å². The number of aromatic nitrogens is 1. The first-order valence-corrected chi connectivity index (χ1v) is 7.54. The van der Waals surface area contributed by atoms with Gasteiger partial charge in [0, 0.05) is 17.8 Å². The summed E-state index contributed by atoms with van der Waals surface area (Å²) in [5.74, 6) is 0.581. The minimum Gasteiger partial charge on any atom is -0.263 e. The maximum atomic E-state index is 6.67. The van der Waals surface area contributed by atoms with Crippen LogP contribution in [0, 0.1) is 11.3 Å². The van der Waals surface area contributed by atoms with Crippen LogP contribution in [0.5, 0.6) is 0 Å². The molecule has 0 amide bonds. The molecule has 1 nitrogen and oxygen atoms in total. The van der Waals surface area contributed by atoms with E-state index in [1.54, 1.807) is 12.4 Å². The molecule has 0 aliphatic heterocycles. The second kappa shape index (κ2) is 5.79. The zero-order valence-electron chi connectivity index (χ0n) is 11.1. The lowest BCUT2D eigenvalue weighted by Gasteiger charge is -2.41. The summed E-state index contributed by atoms with van der Waals surface area (Å²) in [5.41, 5.74) is 1.47. The predicted molar refractivity (Wildman–Crippen MR) is 78.3 cm³/mol. The lowest BCUT2D eigenvalue weighted by atomic mass is 9.67. The third-order valence-corrected chi connectivity index (χ3v) is 5.10. The van der Waals surface area contributed by atoms with E-state index < -0.39 is 0 Å². The molecule has 0 bridgehead atoms. The summed E-state index contributed by atoms with van der Waals surface area (Å²) in [7, 11) is 0. The van der Waals surface area contributed by atoms with Gasteiger partial charge in [0.15, 0.2) is 0 Å². The van der Waals surface area contributed by atoms with Crippen molar-refractivity contribution >= 4 is 23.2 Å². The van der Waals surface area contributed by atoms with Gasteiger partial charge >= 0.3 is 0 Å². The van der Waals surface area contributed by atoms with E-state index in [9.17, 15) is 0 Å². The molecule has 0 radical (unpaired) electrons. The summed E-state index contributed by atoms with van der Waals surface area (Å²) < 4.78 is 0. The van der Waals surface area contributed by atoms with E-state index in [2.05, 4.69) is 18.8 Å². The summed E-state index contributed by atoms with van der Waals surface area (Å²) in [6.07, 6.45) is 9.50. The van der Waals surface area contributed by atoms with Gasteiger partial charge in [0.2, 0.25) is 0 Å². The van der Waals surface area contributed by atoms with E-state index in [-0.39, 0.29) is 5.38 Å². The van der Waals surface area contributed by atoms with Crippen LogP contribution in [0.15, 0.2) is 18.5 Å². The second-order valence-corrected chi connectivity index (χ2v) is 7.00. The molecule has 1 aromatic rings. The Morgan fingerprint density at radius 3 is 2.89 bits per heavy atom. The number of alkyl halides is 1. The lowest BCUT2D eigenvalue weighted by molar-refractivity contribution is 0.133. The van der Waals surface area contributed by atoms with Gasteiger partial charge in [0.1, 0.15) is 0 Å². The maximum Gasteiger partial charge on any atom is 0.0621 e. The van der Waals surface area contributed by atoms with Crippen molar-refractivity contribution in [1.29, 1.82) is 0 Å². The standard InChI is InChI=1S/C15H21Cl2N/c1-15(2)7-4-3-5-12(15)13(16)9-11-6-8-18-10-14(11)17/h6,8,10,12-13H,3-5,7,9H2,1-2H3. The molecule has 0 saturated heterocycles. The molecular weight excluding hydrogens is 265 g/mol. The summed E-state index contributed by atoms with van der Waals surface area (Å²) in [6, 6.07) is 1.98. The Hall–Kier alpha value is -0.270. The van der Waals surface area contributed by atoms with Crippen LogP contribution in [0.2, 0.25) is 5.02 Å². The van der Waals surface area contributed by atoms with Crippen molar-refractivity contribution in [3.8, 4) is 0 Å². The van der Waals surface area contributed by atoms with Crippen molar-refractivity contribution in [2.45, 2.75) is 51.3 Å². The Morgan fingerprint density at radius 1 is 1.44 bits per heavy atom. The van der Waals surface area contributed by atoms with Gasteiger partial charge in [-0.1, -0.05) is 38.3 Å². The maximum absolute atomic E-state index is 6.67. The van der Waals surface area contributed by atoms with Crippen LogP contribution in [-0.2, 0) is 6.42 Å². The fourth-order valence-electron chi connectivity index (χ4n) is 3.11. The zero-order valence-corrected chi connectivity index (χ0v) is 12.6. The number of hydrogen-bond donors (Lipinski definition) is 0. The third-order valence-electron chi connectivity index (χ3n) is 4.30. The second-order valence-electron chi connectivity index (χ2n) is 6.03. The van der Waals surface area contributed by atoms with Gasteiger partial charge in [0.25, 0.3) is 0 Å². The van der Waals surface area contributed by atoms with Gasteiger partial charge in [-0.25, -0.2) is 0 Å². The largest absolute Gasteiger partial charge is 0.263 e. The first-order chi connectivity index (χ1) is 8.50. The minimum atomic E-state index is 0.167. The van der Waals surface area contributed by atoms with Crippen molar-refractivity contribution in [1.82, 2.24) is 4.98 Å². The van der Waals surface area contributed by atoms with Gasteiger partial charge in [-0.3, -0.25) is 4.98 Å². The average molecular weight is 286 g/mol. The lowest BCUT2D eigenvalue weighted by Crippen LogP contribution is -2.35. The highest BCUT2D eigenvalue weighted by atomic mass is 35.5. The summed E-state index contributed by atoms with van der Waals surface area (Å²) in [6.45, 7) is 4.70. The number of nitrogens with zero attached hydrogens (tertiary/aromatic N) is 1. The average Bonchev–Trinajstić information content (AvgIpc) is 2.31. The number of halogens is 2. The molecule has 1 heterocycles. The van der Waals surface area contributed by atoms with E-state index in [4.69, 9.17) is 23.2 Å². The number of hydrogen-bond acceptors (Lipinski definition) is 1. The SMILES string of the molecule is CC1(C)CCCCC1C(Cl)Cc1ccncc1Cl. The third kappa shape index (κ3) is 3.19. The van der Waals surface area contributed by atoms with Crippen molar-refractivity contribution in [3.05, 3.63) is 29.0 Å². The van der Waals surface area contributed by atoms with Crippen LogP contribution >= 0.6 is 23.2 Å². The Balaban J connectivity index is 2.07. The highest BCUT2D eigenvalue weighted by molar-refractivity contribution is 6.31. The Morgan fingerprint density at radius 2 is 2.22 bits per heavy atom. The minimum absolute atomic E-state index is 0.167. The highest BCUT2D eigenvalue weighted by Crippen LogP contribution is 2.44. The Bertz CT molecular complexity index is 403. The topological polar surface area (TPSA) is 12.9 Å². The van der Waals surface area contributed by atoms with Crippen LogP contribution in [0.4, 0.5) is 0 Å². The van der Waals surface area contributed by atoms with Crippen molar-refractivity contribution < 1.29 is 0 Å². The smallest absolute Gasteiger partial charge is 0.0621 e. The highest BCUT2D eigenvalue weighted by Gasteiger charge is 2.36. The van der Waals surface area contributed by atoms with Crippen LogP contribution in [0.25, 0.3) is 0 Å². The van der Waals surface area contributed by atoms with Gasteiger partial charge in [-0.05, 0) is 42.2 Å². The molecule has 1 aromatic heterocycles. The van der Waals surface area contributed by atoms with Gasteiger partial charge in [-0.15, -0.1) is 11.6 Å². The van der Waals surface area contributed by atoms with Gasteiger partial charge in [0.05, 0.1) is 5.02 Å². The van der Waals surface area contributed by atoms with Crippen molar-refractivity contribution in [2.75, 3.05) is 0 Å². The van der Waals surface area contributed by atoms with Crippen LogP contribution in [-0.4, -0.2) is 10.4 Å². The van der Waals surface area contributed by atoms with E-state index >= 15 is 0 Å². The molecule has 2 unspecified atom stereocenters. The first kappa shape index (κ1) is 14.1. The van der Waals surface area contributed by atoms with Crippen LogP contribution < -0.4 is 0 Å².